The van der Waals surface area contributed by atoms with Crippen LogP contribution in [0.2, 0.25) is 5.02 Å². The van der Waals surface area contributed by atoms with Crippen LogP contribution in [-0.4, -0.2) is 29.5 Å². The zero-order chi connectivity index (χ0) is 15.2. The first-order chi connectivity index (χ1) is 10.1. The summed E-state index contributed by atoms with van der Waals surface area (Å²) in [4.78, 5) is 22.4. The molecule has 0 unspecified atom stereocenters. The van der Waals surface area contributed by atoms with Gasteiger partial charge in [-0.25, -0.2) is 9.97 Å². The van der Waals surface area contributed by atoms with Crippen molar-refractivity contribution in [3.8, 4) is 0 Å². The van der Waals surface area contributed by atoms with Crippen molar-refractivity contribution in [2.24, 2.45) is 0 Å². The fraction of sp³-hybridized carbons (Fsp3) is 0.267. The van der Waals surface area contributed by atoms with Crippen molar-refractivity contribution in [3.05, 3.63) is 47.2 Å². The zero-order valence-corrected chi connectivity index (χ0v) is 12.8. The molecule has 1 amide bonds. The van der Waals surface area contributed by atoms with Crippen LogP contribution in [0.3, 0.4) is 0 Å². The summed E-state index contributed by atoms with van der Waals surface area (Å²) in [5.41, 5.74) is 0.214. The normalized spacial score (nSPS) is 10.2. The molecule has 0 radical (unpaired) electrons. The van der Waals surface area contributed by atoms with Crippen molar-refractivity contribution in [1.82, 2.24) is 9.97 Å². The van der Waals surface area contributed by atoms with Gasteiger partial charge in [0.15, 0.2) is 0 Å². The number of halogens is 1. The SMILES string of the molecule is CCCNc1ccc(Cl)c(C(=O)N(C)c2ccccn2)n1. The predicted molar refractivity (Wildman–Crippen MR) is 85.0 cm³/mol. The minimum absolute atomic E-state index is 0.214. The average molecular weight is 305 g/mol. The van der Waals surface area contributed by atoms with E-state index < -0.39 is 0 Å². The number of amides is 1. The number of rotatable bonds is 5. The van der Waals surface area contributed by atoms with E-state index in [4.69, 9.17) is 11.6 Å². The lowest BCUT2D eigenvalue weighted by atomic mass is 10.3. The highest BCUT2D eigenvalue weighted by Gasteiger charge is 2.19. The molecule has 0 fully saturated rings. The Labute approximate surface area is 129 Å². The highest BCUT2D eigenvalue weighted by atomic mass is 35.5. The van der Waals surface area contributed by atoms with Crippen LogP contribution in [0.1, 0.15) is 23.8 Å². The largest absolute Gasteiger partial charge is 0.370 e. The first-order valence-electron chi connectivity index (χ1n) is 6.73. The fourth-order valence-corrected chi connectivity index (χ4v) is 1.94. The number of nitrogens with zero attached hydrogens (tertiary/aromatic N) is 3. The van der Waals surface area contributed by atoms with Crippen molar-refractivity contribution in [2.45, 2.75) is 13.3 Å². The molecule has 0 aliphatic carbocycles. The third-order valence-electron chi connectivity index (χ3n) is 2.90. The second-order valence-electron chi connectivity index (χ2n) is 4.51. The number of carbonyl (C=O) groups is 1. The molecule has 110 valence electrons. The summed E-state index contributed by atoms with van der Waals surface area (Å²) in [6.07, 6.45) is 2.61. The number of pyridine rings is 2. The summed E-state index contributed by atoms with van der Waals surface area (Å²) in [7, 11) is 1.65. The summed E-state index contributed by atoms with van der Waals surface area (Å²) < 4.78 is 0. The highest BCUT2D eigenvalue weighted by molar-refractivity contribution is 6.34. The smallest absolute Gasteiger partial charge is 0.279 e. The molecule has 2 aromatic rings. The van der Waals surface area contributed by atoms with Gasteiger partial charge in [0.1, 0.15) is 17.3 Å². The molecular weight excluding hydrogens is 288 g/mol. The van der Waals surface area contributed by atoms with Gasteiger partial charge in [0, 0.05) is 19.8 Å². The van der Waals surface area contributed by atoms with Gasteiger partial charge < -0.3 is 5.32 Å². The Balaban J connectivity index is 2.25. The van der Waals surface area contributed by atoms with Gasteiger partial charge in [-0.1, -0.05) is 24.6 Å². The van der Waals surface area contributed by atoms with Crippen LogP contribution in [0.4, 0.5) is 11.6 Å². The summed E-state index contributed by atoms with van der Waals surface area (Å²) in [6.45, 7) is 2.85. The molecule has 1 N–H and O–H groups in total. The molecule has 2 rings (SSSR count). The van der Waals surface area contributed by atoms with Crippen molar-refractivity contribution in [3.63, 3.8) is 0 Å². The van der Waals surface area contributed by atoms with Gasteiger partial charge in [-0.05, 0) is 30.7 Å². The fourth-order valence-electron chi connectivity index (χ4n) is 1.76. The molecule has 0 aliphatic heterocycles. The quantitative estimate of drug-likeness (QED) is 0.921. The van der Waals surface area contributed by atoms with Crippen LogP contribution < -0.4 is 10.2 Å². The van der Waals surface area contributed by atoms with Gasteiger partial charge in [-0.3, -0.25) is 9.69 Å². The second-order valence-corrected chi connectivity index (χ2v) is 4.91. The van der Waals surface area contributed by atoms with Crippen LogP contribution in [0.25, 0.3) is 0 Å². The summed E-state index contributed by atoms with van der Waals surface area (Å²) in [5.74, 6) is 0.894. The molecule has 0 aromatic carbocycles. The van der Waals surface area contributed by atoms with Gasteiger partial charge in [0.25, 0.3) is 5.91 Å². The Morgan fingerprint density at radius 3 is 2.81 bits per heavy atom. The zero-order valence-electron chi connectivity index (χ0n) is 12.0. The van der Waals surface area contributed by atoms with E-state index in [9.17, 15) is 4.79 Å². The molecule has 0 saturated carbocycles. The van der Waals surface area contributed by atoms with Crippen molar-refractivity contribution in [2.75, 3.05) is 23.8 Å². The molecule has 0 bridgehead atoms. The average Bonchev–Trinajstić information content (AvgIpc) is 2.53. The van der Waals surface area contributed by atoms with Crippen LogP contribution in [0.15, 0.2) is 36.5 Å². The molecule has 0 aliphatic rings. The maximum absolute atomic E-state index is 12.5. The Morgan fingerprint density at radius 2 is 2.14 bits per heavy atom. The van der Waals surface area contributed by atoms with Crippen molar-refractivity contribution < 1.29 is 4.79 Å². The van der Waals surface area contributed by atoms with E-state index in [1.165, 1.54) is 4.90 Å². The molecule has 0 spiro atoms. The van der Waals surface area contributed by atoms with Crippen LogP contribution in [-0.2, 0) is 0 Å². The monoisotopic (exact) mass is 304 g/mol. The van der Waals surface area contributed by atoms with E-state index in [0.29, 0.717) is 16.7 Å². The molecule has 5 nitrogen and oxygen atoms in total. The third-order valence-corrected chi connectivity index (χ3v) is 3.21. The van der Waals surface area contributed by atoms with Crippen molar-refractivity contribution >= 4 is 29.1 Å². The van der Waals surface area contributed by atoms with E-state index in [1.54, 1.807) is 37.5 Å². The van der Waals surface area contributed by atoms with Crippen LogP contribution in [0, 0.1) is 0 Å². The van der Waals surface area contributed by atoms with Crippen LogP contribution >= 0.6 is 11.6 Å². The summed E-state index contributed by atoms with van der Waals surface area (Å²) in [5, 5.41) is 3.46. The van der Waals surface area contributed by atoms with Gasteiger partial charge >= 0.3 is 0 Å². The minimum Gasteiger partial charge on any atom is -0.370 e. The molecule has 0 atom stereocenters. The Hall–Kier alpha value is -2.14. The van der Waals surface area contributed by atoms with E-state index in [0.717, 1.165) is 13.0 Å². The van der Waals surface area contributed by atoms with Crippen LogP contribution in [0.5, 0.6) is 0 Å². The predicted octanol–water partition coefficient (Wildman–Crippen LogP) is 3.23. The van der Waals surface area contributed by atoms with Gasteiger partial charge in [0.2, 0.25) is 0 Å². The van der Waals surface area contributed by atoms with Gasteiger partial charge in [-0.15, -0.1) is 0 Å². The van der Waals surface area contributed by atoms with Gasteiger partial charge in [0.05, 0.1) is 5.02 Å². The molecule has 6 heteroatoms. The Kier molecular flexibility index (Phi) is 5.11. The first-order valence-corrected chi connectivity index (χ1v) is 7.10. The lowest BCUT2D eigenvalue weighted by molar-refractivity contribution is 0.0988. The van der Waals surface area contributed by atoms with E-state index in [1.807, 2.05) is 6.07 Å². The lowest BCUT2D eigenvalue weighted by Gasteiger charge is -2.16. The Morgan fingerprint density at radius 1 is 1.33 bits per heavy atom. The standard InChI is InChI=1S/C15H17ClN4O/c1-3-9-17-12-8-7-11(16)14(19-12)15(21)20(2)13-6-4-5-10-18-13/h4-8,10H,3,9H2,1-2H3,(H,17,19). The van der Waals surface area contributed by atoms with Crippen molar-refractivity contribution in [1.29, 1.82) is 0 Å². The minimum atomic E-state index is -0.293. The number of aromatic nitrogens is 2. The Bertz CT molecular complexity index is 618. The number of carbonyl (C=O) groups excluding carboxylic acids is 1. The molecule has 2 aromatic heterocycles. The maximum Gasteiger partial charge on any atom is 0.279 e. The highest BCUT2D eigenvalue weighted by Crippen LogP contribution is 2.20. The molecular formula is C15H17ClN4O. The molecule has 21 heavy (non-hydrogen) atoms. The third kappa shape index (κ3) is 3.70. The number of hydrogen-bond donors (Lipinski definition) is 1. The van der Waals surface area contributed by atoms with Gasteiger partial charge in [-0.2, -0.15) is 0 Å². The first kappa shape index (κ1) is 15.3. The second kappa shape index (κ2) is 7.04. The number of anilines is 2. The maximum atomic E-state index is 12.5. The van der Waals surface area contributed by atoms with E-state index >= 15 is 0 Å². The summed E-state index contributed by atoms with van der Waals surface area (Å²) in [6, 6.07) is 8.80. The molecule has 0 saturated heterocycles. The molecule has 2 heterocycles. The number of hydrogen-bond acceptors (Lipinski definition) is 4. The summed E-state index contributed by atoms with van der Waals surface area (Å²) >= 11 is 6.10. The lowest BCUT2D eigenvalue weighted by Crippen LogP contribution is -2.28. The topological polar surface area (TPSA) is 58.1 Å². The number of nitrogens with one attached hydrogen (secondary N) is 1. The van der Waals surface area contributed by atoms with E-state index in [2.05, 4.69) is 22.2 Å². The van der Waals surface area contributed by atoms with E-state index in [-0.39, 0.29) is 11.6 Å².